The standard InChI is InChI=1S/C14H19NO3/c1-17-11-3-7-14(8-4-11)6-2-9-15-12(16)5-10-18-13(14)15/h3-4,7,13H,2,5-6,8-10H2,1H3/t13-,14+/m1/s1. The minimum Gasteiger partial charge on any atom is -0.497 e. The highest BCUT2D eigenvalue weighted by atomic mass is 16.5. The van der Waals surface area contributed by atoms with Crippen LogP contribution in [-0.4, -0.2) is 37.3 Å². The Morgan fingerprint density at radius 2 is 2.44 bits per heavy atom. The molecule has 2 heterocycles. The third kappa shape index (κ3) is 1.75. The third-order valence-corrected chi connectivity index (χ3v) is 4.23. The molecule has 1 spiro atoms. The van der Waals surface area contributed by atoms with Gasteiger partial charge in [-0.05, 0) is 31.4 Å². The smallest absolute Gasteiger partial charge is 0.226 e. The van der Waals surface area contributed by atoms with Crippen molar-refractivity contribution < 1.29 is 14.3 Å². The molecule has 18 heavy (non-hydrogen) atoms. The first kappa shape index (κ1) is 11.8. The Balaban J connectivity index is 1.86. The van der Waals surface area contributed by atoms with Gasteiger partial charge in [0.05, 0.1) is 20.1 Å². The van der Waals surface area contributed by atoms with E-state index in [0.29, 0.717) is 13.0 Å². The summed E-state index contributed by atoms with van der Waals surface area (Å²) in [6, 6.07) is 0. The Labute approximate surface area is 107 Å². The first-order valence-electron chi connectivity index (χ1n) is 6.60. The lowest BCUT2D eigenvalue weighted by Crippen LogP contribution is -2.58. The van der Waals surface area contributed by atoms with E-state index >= 15 is 0 Å². The molecule has 2 fully saturated rings. The number of hydrogen-bond acceptors (Lipinski definition) is 3. The zero-order chi connectivity index (χ0) is 12.6. The van der Waals surface area contributed by atoms with Gasteiger partial charge in [-0.3, -0.25) is 4.79 Å². The van der Waals surface area contributed by atoms with Gasteiger partial charge in [-0.1, -0.05) is 6.08 Å². The molecule has 0 saturated carbocycles. The molecule has 0 unspecified atom stereocenters. The van der Waals surface area contributed by atoms with Gasteiger partial charge in [-0.2, -0.15) is 0 Å². The molecule has 2 saturated heterocycles. The fourth-order valence-electron chi connectivity index (χ4n) is 3.24. The van der Waals surface area contributed by atoms with E-state index in [0.717, 1.165) is 31.6 Å². The number of rotatable bonds is 1. The van der Waals surface area contributed by atoms with Crippen LogP contribution >= 0.6 is 0 Å². The normalized spacial score (nSPS) is 35.4. The Bertz CT molecular complexity index is 415. The maximum atomic E-state index is 12.0. The average Bonchev–Trinajstić information content (AvgIpc) is 2.41. The van der Waals surface area contributed by atoms with Gasteiger partial charge in [-0.15, -0.1) is 0 Å². The minimum absolute atomic E-state index is 0.0453. The van der Waals surface area contributed by atoms with Crippen LogP contribution in [0.1, 0.15) is 25.7 Å². The summed E-state index contributed by atoms with van der Waals surface area (Å²) in [5, 5.41) is 0. The zero-order valence-electron chi connectivity index (χ0n) is 10.7. The van der Waals surface area contributed by atoms with Crippen LogP contribution in [-0.2, 0) is 14.3 Å². The fourth-order valence-corrected chi connectivity index (χ4v) is 3.24. The number of nitrogens with zero attached hydrogens (tertiary/aromatic N) is 1. The van der Waals surface area contributed by atoms with E-state index in [1.54, 1.807) is 7.11 Å². The summed E-state index contributed by atoms with van der Waals surface area (Å²) in [6.45, 7) is 1.39. The molecule has 2 aliphatic heterocycles. The molecule has 0 N–H and O–H groups in total. The van der Waals surface area contributed by atoms with Gasteiger partial charge in [0.25, 0.3) is 0 Å². The maximum absolute atomic E-state index is 12.0. The second-order valence-electron chi connectivity index (χ2n) is 5.25. The van der Waals surface area contributed by atoms with Crippen molar-refractivity contribution in [2.45, 2.75) is 31.9 Å². The van der Waals surface area contributed by atoms with E-state index in [1.165, 1.54) is 0 Å². The largest absolute Gasteiger partial charge is 0.497 e. The number of amides is 1. The van der Waals surface area contributed by atoms with E-state index in [-0.39, 0.29) is 17.6 Å². The molecule has 0 bridgehead atoms. The topological polar surface area (TPSA) is 38.8 Å². The molecule has 4 heteroatoms. The second-order valence-corrected chi connectivity index (χ2v) is 5.25. The van der Waals surface area contributed by atoms with Crippen molar-refractivity contribution in [3.05, 3.63) is 24.0 Å². The average molecular weight is 249 g/mol. The lowest BCUT2D eigenvalue weighted by Gasteiger charge is -2.50. The van der Waals surface area contributed by atoms with Gasteiger partial charge >= 0.3 is 0 Å². The highest BCUT2D eigenvalue weighted by Gasteiger charge is 2.47. The highest BCUT2D eigenvalue weighted by molar-refractivity contribution is 5.77. The summed E-state index contributed by atoms with van der Waals surface area (Å²) < 4.78 is 11.1. The van der Waals surface area contributed by atoms with E-state index < -0.39 is 0 Å². The molecule has 1 aliphatic carbocycles. The molecule has 0 aromatic carbocycles. The summed E-state index contributed by atoms with van der Waals surface area (Å²) >= 11 is 0. The fraction of sp³-hybridized carbons (Fsp3) is 0.643. The molecule has 0 aromatic rings. The van der Waals surface area contributed by atoms with Crippen LogP contribution < -0.4 is 0 Å². The van der Waals surface area contributed by atoms with E-state index in [1.807, 2.05) is 11.0 Å². The van der Waals surface area contributed by atoms with Gasteiger partial charge in [0.2, 0.25) is 5.91 Å². The molecule has 3 rings (SSSR count). The van der Waals surface area contributed by atoms with Gasteiger partial charge in [-0.25, -0.2) is 0 Å². The van der Waals surface area contributed by atoms with Crippen molar-refractivity contribution in [1.29, 1.82) is 0 Å². The summed E-state index contributed by atoms with van der Waals surface area (Å²) in [5.41, 5.74) is -0.0453. The number of carbonyl (C=O) groups excluding carboxylic acids is 1. The van der Waals surface area contributed by atoms with E-state index in [2.05, 4.69) is 12.2 Å². The third-order valence-electron chi connectivity index (χ3n) is 4.23. The molecule has 0 radical (unpaired) electrons. The van der Waals surface area contributed by atoms with Crippen molar-refractivity contribution >= 4 is 5.91 Å². The van der Waals surface area contributed by atoms with Crippen LogP contribution in [0.25, 0.3) is 0 Å². The number of piperidine rings is 1. The number of fused-ring (bicyclic) bond motifs is 2. The van der Waals surface area contributed by atoms with Crippen LogP contribution in [0, 0.1) is 5.41 Å². The van der Waals surface area contributed by atoms with Crippen molar-refractivity contribution in [3.63, 3.8) is 0 Å². The van der Waals surface area contributed by atoms with Crippen LogP contribution in [0.2, 0.25) is 0 Å². The van der Waals surface area contributed by atoms with Gasteiger partial charge in [0, 0.05) is 12.0 Å². The molecule has 4 nitrogen and oxygen atoms in total. The highest BCUT2D eigenvalue weighted by Crippen LogP contribution is 2.45. The van der Waals surface area contributed by atoms with Gasteiger partial charge < -0.3 is 14.4 Å². The van der Waals surface area contributed by atoms with Crippen molar-refractivity contribution in [1.82, 2.24) is 4.90 Å². The molecule has 1 amide bonds. The van der Waals surface area contributed by atoms with Gasteiger partial charge in [0.1, 0.15) is 12.0 Å². The number of allylic oxidation sites excluding steroid dienone is 2. The van der Waals surface area contributed by atoms with Crippen LogP contribution in [0.5, 0.6) is 0 Å². The summed E-state index contributed by atoms with van der Waals surface area (Å²) in [5.74, 6) is 1.14. The molecule has 98 valence electrons. The molecule has 0 aromatic heterocycles. The van der Waals surface area contributed by atoms with Crippen LogP contribution in [0.3, 0.4) is 0 Å². The molecular formula is C14H19NO3. The monoisotopic (exact) mass is 249 g/mol. The number of ether oxygens (including phenoxy) is 2. The molecular weight excluding hydrogens is 230 g/mol. The number of carbonyl (C=O) groups is 1. The molecule has 2 atom stereocenters. The number of hydrogen-bond donors (Lipinski definition) is 0. The van der Waals surface area contributed by atoms with Crippen LogP contribution in [0.4, 0.5) is 0 Å². The lowest BCUT2D eigenvalue weighted by atomic mass is 9.72. The Kier molecular flexibility index (Phi) is 2.90. The SMILES string of the molecule is COC1=CC[C@@]2(C=C1)CCCN1C(=O)CCO[C@@H]12. The lowest BCUT2D eigenvalue weighted by molar-refractivity contribution is -0.187. The predicted molar refractivity (Wildman–Crippen MR) is 66.6 cm³/mol. The summed E-state index contributed by atoms with van der Waals surface area (Å²) in [4.78, 5) is 13.9. The predicted octanol–water partition coefficient (Wildman–Crippen LogP) is 1.83. The summed E-state index contributed by atoms with van der Waals surface area (Å²) in [6.07, 6.45) is 9.75. The quantitative estimate of drug-likeness (QED) is 0.711. The minimum atomic E-state index is -0.0848. The van der Waals surface area contributed by atoms with Crippen molar-refractivity contribution in [2.24, 2.45) is 5.41 Å². The van der Waals surface area contributed by atoms with Crippen LogP contribution in [0.15, 0.2) is 24.0 Å². The van der Waals surface area contributed by atoms with Crippen molar-refractivity contribution in [2.75, 3.05) is 20.3 Å². The summed E-state index contributed by atoms with van der Waals surface area (Å²) in [7, 11) is 1.68. The molecule has 3 aliphatic rings. The second kappa shape index (κ2) is 4.43. The first-order valence-corrected chi connectivity index (χ1v) is 6.60. The van der Waals surface area contributed by atoms with Crippen molar-refractivity contribution in [3.8, 4) is 0 Å². The van der Waals surface area contributed by atoms with E-state index in [9.17, 15) is 4.79 Å². The number of methoxy groups -OCH3 is 1. The Morgan fingerprint density at radius 1 is 1.56 bits per heavy atom. The Hall–Kier alpha value is -1.29. The van der Waals surface area contributed by atoms with E-state index in [4.69, 9.17) is 9.47 Å². The maximum Gasteiger partial charge on any atom is 0.226 e. The van der Waals surface area contributed by atoms with Gasteiger partial charge in [0.15, 0.2) is 0 Å². The Morgan fingerprint density at radius 3 is 3.17 bits per heavy atom. The zero-order valence-corrected chi connectivity index (χ0v) is 10.7. The first-order chi connectivity index (χ1) is 8.75.